The number of allylic oxidation sites excluding steroid dienone is 1. The fraction of sp³-hybridized carbons (Fsp3) is 0.227. The molecule has 0 fully saturated rings. The number of carbonyl (C=O) groups is 1. The molecule has 0 radical (unpaired) electrons. The van der Waals surface area contributed by atoms with Crippen molar-refractivity contribution in [3.8, 4) is 5.75 Å². The summed E-state index contributed by atoms with van der Waals surface area (Å²) < 4.78 is 7.50. The molecule has 6 nitrogen and oxygen atoms in total. The van der Waals surface area contributed by atoms with Crippen molar-refractivity contribution in [2.75, 3.05) is 11.1 Å². The largest absolute Gasteiger partial charge is 0.487 e. The standard InChI is InChI=1S/C22H23ClN4O2S/c1-3-13-27-22(20(25-26-27)14-29-19-11-7-17(23)8-12-19)30-15-21(28)24-18-9-5-16(4-2)6-10-18/h3,5-12H,1,4,13-15H2,2H3,(H,24,28). The summed E-state index contributed by atoms with van der Waals surface area (Å²) in [6, 6.07) is 15.0. The zero-order valence-electron chi connectivity index (χ0n) is 16.7. The van der Waals surface area contributed by atoms with Gasteiger partial charge in [0.1, 0.15) is 23.1 Å². The lowest BCUT2D eigenvalue weighted by atomic mass is 10.1. The van der Waals surface area contributed by atoms with Gasteiger partial charge in [0.2, 0.25) is 5.91 Å². The molecule has 0 bridgehead atoms. The molecule has 30 heavy (non-hydrogen) atoms. The van der Waals surface area contributed by atoms with E-state index in [1.807, 2.05) is 24.3 Å². The third kappa shape index (κ3) is 6.11. The van der Waals surface area contributed by atoms with Gasteiger partial charge < -0.3 is 10.1 Å². The average molecular weight is 443 g/mol. The van der Waals surface area contributed by atoms with Crippen LogP contribution in [-0.4, -0.2) is 26.7 Å². The van der Waals surface area contributed by atoms with Crippen LogP contribution in [0.5, 0.6) is 5.75 Å². The van der Waals surface area contributed by atoms with Gasteiger partial charge in [-0.3, -0.25) is 4.79 Å². The first-order valence-corrected chi connectivity index (χ1v) is 10.9. The van der Waals surface area contributed by atoms with E-state index in [-0.39, 0.29) is 18.3 Å². The lowest BCUT2D eigenvalue weighted by Gasteiger charge is -2.09. The van der Waals surface area contributed by atoms with Gasteiger partial charge in [-0.25, -0.2) is 4.68 Å². The SMILES string of the molecule is C=CCn1nnc(COc2ccc(Cl)cc2)c1SCC(=O)Nc1ccc(CC)cc1. The minimum atomic E-state index is -0.0971. The van der Waals surface area contributed by atoms with Crippen molar-refractivity contribution >= 4 is 35.0 Å². The smallest absolute Gasteiger partial charge is 0.234 e. The average Bonchev–Trinajstić information content (AvgIpc) is 3.14. The minimum Gasteiger partial charge on any atom is -0.487 e. The van der Waals surface area contributed by atoms with Crippen molar-refractivity contribution in [3.05, 3.63) is 77.5 Å². The molecule has 2 aromatic carbocycles. The Bertz CT molecular complexity index is 987. The molecule has 0 spiro atoms. The number of hydrogen-bond acceptors (Lipinski definition) is 5. The summed E-state index contributed by atoms with van der Waals surface area (Å²) >= 11 is 7.27. The first-order chi connectivity index (χ1) is 14.6. The maximum Gasteiger partial charge on any atom is 0.234 e. The number of anilines is 1. The molecule has 3 rings (SSSR count). The van der Waals surface area contributed by atoms with Gasteiger partial charge in [0.05, 0.1) is 12.3 Å². The number of halogens is 1. The van der Waals surface area contributed by atoms with Crippen molar-refractivity contribution in [3.63, 3.8) is 0 Å². The van der Waals surface area contributed by atoms with E-state index < -0.39 is 0 Å². The number of nitrogens with one attached hydrogen (secondary N) is 1. The minimum absolute atomic E-state index is 0.0971. The van der Waals surface area contributed by atoms with Gasteiger partial charge in [-0.05, 0) is 48.4 Å². The molecule has 8 heteroatoms. The molecule has 0 unspecified atom stereocenters. The van der Waals surface area contributed by atoms with E-state index in [1.165, 1.54) is 17.3 Å². The van der Waals surface area contributed by atoms with Crippen LogP contribution < -0.4 is 10.1 Å². The zero-order valence-corrected chi connectivity index (χ0v) is 18.2. The molecule has 156 valence electrons. The molecule has 0 aliphatic heterocycles. The fourth-order valence-corrected chi connectivity index (χ4v) is 3.66. The second-order valence-corrected chi connectivity index (χ2v) is 7.84. The number of nitrogens with zero attached hydrogens (tertiary/aromatic N) is 3. The molecule has 1 heterocycles. The monoisotopic (exact) mass is 442 g/mol. The fourth-order valence-electron chi connectivity index (χ4n) is 2.67. The van der Waals surface area contributed by atoms with Gasteiger partial charge in [0.15, 0.2) is 0 Å². The summed E-state index contributed by atoms with van der Waals surface area (Å²) in [4.78, 5) is 12.4. The molecule has 1 amide bonds. The lowest BCUT2D eigenvalue weighted by molar-refractivity contribution is -0.113. The molecule has 1 aromatic heterocycles. The molecular weight excluding hydrogens is 420 g/mol. The molecule has 0 aliphatic carbocycles. The molecule has 0 aliphatic rings. The number of amides is 1. The maximum atomic E-state index is 12.4. The van der Waals surface area contributed by atoms with Crippen LogP contribution in [-0.2, 0) is 24.4 Å². The molecule has 0 saturated carbocycles. The number of aromatic nitrogens is 3. The van der Waals surface area contributed by atoms with Crippen LogP contribution >= 0.6 is 23.4 Å². The summed E-state index contributed by atoms with van der Waals surface area (Å²) in [6.07, 6.45) is 2.70. The van der Waals surface area contributed by atoms with Crippen LogP contribution in [0.1, 0.15) is 18.2 Å². The molecule has 0 saturated heterocycles. The van der Waals surface area contributed by atoms with E-state index >= 15 is 0 Å². The number of aryl methyl sites for hydroxylation is 1. The lowest BCUT2D eigenvalue weighted by Crippen LogP contribution is -2.15. The van der Waals surface area contributed by atoms with Gasteiger partial charge in [0, 0.05) is 10.7 Å². The Morgan fingerprint density at radius 2 is 1.97 bits per heavy atom. The van der Waals surface area contributed by atoms with E-state index in [9.17, 15) is 4.79 Å². The Kier molecular flexibility index (Phi) is 7.93. The van der Waals surface area contributed by atoms with E-state index in [1.54, 1.807) is 35.0 Å². The number of hydrogen-bond donors (Lipinski definition) is 1. The quantitative estimate of drug-likeness (QED) is 0.354. The van der Waals surface area contributed by atoms with Crippen molar-refractivity contribution in [2.24, 2.45) is 0 Å². The van der Waals surface area contributed by atoms with Crippen molar-refractivity contribution in [2.45, 2.75) is 31.5 Å². The van der Waals surface area contributed by atoms with Crippen LogP contribution in [0.4, 0.5) is 5.69 Å². The zero-order chi connectivity index (χ0) is 21.3. The van der Waals surface area contributed by atoms with Gasteiger partial charge in [-0.1, -0.05) is 53.7 Å². The molecular formula is C22H23ClN4O2S. The van der Waals surface area contributed by atoms with Gasteiger partial charge in [-0.2, -0.15) is 0 Å². The number of carbonyl (C=O) groups excluding carboxylic acids is 1. The van der Waals surface area contributed by atoms with Crippen molar-refractivity contribution in [1.82, 2.24) is 15.0 Å². The summed E-state index contributed by atoms with van der Waals surface area (Å²) in [6.45, 7) is 6.58. The Morgan fingerprint density at radius 1 is 1.23 bits per heavy atom. The predicted octanol–water partition coefficient (Wildman–Crippen LogP) is 4.99. The number of rotatable bonds is 10. The Balaban J connectivity index is 1.62. The molecule has 0 atom stereocenters. The van der Waals surface area contributed by atoms with E-state index in [2.05, 4.69) is 29.1 Å². The highest BCUT2D eigenvalue weighted by Crippen LogP contribution is 2.24. The number of benzene rings is 2. The Morgan fingerprint density at radius 3 is 2.63 bits per heavy atom. The predicted molar refractivity (Wildman–Crippen MR) is 121 cm³/mol. The highest BCUT2D eigenvalue weighted by Gasteiger charge is 2.16. The van der Waals surface area contributed by atoms with Crippen LogP contribution in [0.15, 0.2) is 66.2 Å². The summed E-state index contributed by atoms with van der Waals surface area (Å²) in [5.74, 6) is 0.815. The van der Waals surface area contributed by atoms with E-state index in [0.29, 0.717) is 23.0 Å². The Hall–Kier alpha value is -2.77. The Labute approximate surface area is 185 Å². The van der Waals surface area contributed by atoms with Gasteiger partial charge in [0.25, 0.3) is 0 Å². The number of thioether (sulfide) groups is 1. The third-order valence-electron chi connectivity index (χ3n) is 4.23. The highest BCUT2D eigenvalue weighted by atomic mass is 35.5. The van der Waals surface area contributed by atoms with Crippen LogP contribution in [0.25, 0.3) is 0 Å². The van der Waals surface area contributed by atoms with Crippen molar-refractivity contribution < 1.29 is 9.53 Å². The van der Waals surface area contributed by atoms with Gasteiger partial charge >= 0.3 is 0 Å². The second kappa shape index (κ2) is 10.8. The maximum absolute atomic E-state index is 12.4. The van der Waals surface area contributed by atoms with E-state index in [0.717, 1.165) is 17.1 Å². The summed E-state index contributed by atoms with van der Waals surface area (Å²) in [7, 11) is 0. The van der Waals surface area contributed by atoms with Crippen molar-refractivity contribution in [1.29, 1.82) is 0 Å². The van der Waals surface area contributed by atoms with Crippen LogP contribution in [0.2, 0.25) is 5.02 Å². The summed E-state index contributed by atoms with van der Waals surface area (Å²) in [5, 5.41) is 12.7. The molecule has 3 aromatic rings. The first kappa shape index (κ1) is 21.9. The second-order valence-electron chi connectivity index (χ2n) is 6.44. The topological polar surface area (TPSA) is 69.0 Å². The van der Waals surface area contributed by atoms with Crippen LogP contribution in [0.3, 0.4) is 0 Å². The van der Waals surface area contributed by atoms with E-state index in [4.69, 9.17) is 16.3 Å². The highest BCUT2D eigenvalue weighted by molar-refractivity contribution is 8.00. The normalized spacial score (nSPS) is 10.6. The summed E-state index contributed by atoms with van der Waals surface area (Å²) in [5.41, 5.74) is 2.67. The number of ether oxygens (including phenoxy) is 1. The third-order valence-corrected chi connectivity index (χ3v) is 5.61. The molecule has 1 N–H and O–H groups in total. The van der Waals surface area contributed by atoms with Gasteiger partial charge in [-0.15, -0.1) is 11.7 Å². The van der Waals surface area contributed by atoms with Crippen LogP contribution in [0, 0.1) is 0 Å². The first-order valence-electron chi connectivity index (χ1n) is 9.52.